The van der Waals surface area contributed by atoms with Gasteiger partial charge in [-0.15, -0.1) is 11.3 Å². The highest BCUT2D eigenvalue weighted by atomic mass is 32.2. The van der Waals surface area contributed by atoms with E-state index in [-0.39, 0.29) is 23.1 Å². The molecule has 0 spiro atoms. The molecule has 0 bridgehead atoms. The number of hydrogen-bond donors (Lipinski definition) is 2. The molecule has 0 unspecified atom stereocenters. The molecule has 2 heterocycles. The number of amides is 1. The Kier molecular flexibility index (Phi) is 5.22. The number of sulfonamides is 2. The first-order chi connectivity index (χ1) is 10.2. The summed E-state index contributed by atoms with van der Waals surface area (Å²) >= 11 is 1.09. The van der Waals surface area contributed by atoms with Gasteiger partial charge in [-0.3, -0.25) is 4.79 Å². The monoisotopic (exact) mass is 367 g/mol. The van der Waals surface area contributed by atoms with Crippen LogP contribution in [0, 0.1) is 0 Å². The number of nitrogens with two attached hydrogens (primary N) is 1. The lowest BCUT2D eigenvalue weighted by Crippen LogP contribution is -2.46. The molecule has 0 radical (unpaired) electrons. The van der Waals surface area contributed by atoms with Gasteiger partial charge in [0, 0.05) is 13.1 Å². The van der Waals surface area contributed by atoms with Crippen molar-refractivity contribution in [2.75, 3.05) is 18.8 Å². The van der Waals surface area contributed by atoms with Gasteiger partial charge >= 0.3 is 0 Å². The van der Waals surface area contributed by atoms with Crippen LogP contribution in [-0.4, -0.2) is 51.9 Å². The summed E-state index contributed by atoms with van der Waals surface area (Å²) in [5.74, 6) is -0.885. The number of nitrogens with one attached hydrogen (secondary N) is 1. The zero-order valence-electron chi connectivity index (χ0n) is 11.6. The molecule has 1 saturated heterocycles. The highest BCUT2D eigenvalue weighted by Crippen LogP contribution is 2.28. The quantitative estimate of drug-likeness (QED) is 0.688. The Balaban J connectivity index is 2.06. The summed E-state index contributed by atoms with van der Waals surface area (Å²) in [6, 6.07) is 2.32. The van der Waals surface area contributed by atoms with Crippen LogP contribution in [0.4, 0.5) is 0 Å². The number of hydrogen-bond acceptors (Lipinski definition) is 6. The lowest BCUT2D eigenvalue weighted by molar-refractivity contribution is -0.124. The molecule has 1 aliphatic heterocycles. The van der Waals surface area contributed by atoms with Gasteiger partial charge in [-0.2, -0.15) is 4.31 Å². The van der Waals surface area contributed by atoms with E-state index in [2.05, 4.69) is 5.32 Å². The Morgan fingerprint density at radius 1 is 1.41 bits per heavy atom. The number of carbonyl (C=O) groups is 1. The van der Waals surface area contributed by atoms with E-state index in [0.29, 0.717) is 12.8 Å². The van der Waals surface area contributed by atoms with E-state index in [9.17, 15) is 21.6 Å². The van der Waals surface area contributed by atoms with E-state index >= 15 is 0 Å². The second-order valence-electron chi connectivity index (χ2n) is 4.86. The molecule has 22 heavy (non-hydrogen) atoms. The van der Waals surface area contributed by atoms with Gasteiger partial charge < -0.3 is 5.32 Å². The fraction of sp³-hybridized carbons (Fsp3) is 0.545. The highest BCUT2D eigenvalue weighted by molar-refractivity contribution is 7.91. The van der Waals surface area contributed by atoms with Crippen molar-refractivity contribution in [1.29, 1.82) is 0 Å². The Hall–Kier alpha value is -1.01. The van der Waals surface area contributed by atoms with Gasteiger partial charge in [-0.1, -0.05) is 6.07 Å². The van der Waals surface area contributed by atoms with Gasteiger partial charge in [0.25, 0.3) is 10.0 Å². The summed E-state index contributed by atoms with van der Waals surface area (Å²) in [5, 5.41) is 8.94. The standard InChI is InChI=1S/C11H17N3O5S3/c12-21(16,17)8-5-13-11(15)9-3-1-6-14(9)22(18,19)10-4-2-7-20-10/h2,4,7,9H,1,3,5-6,8H2,(H,13,15)(H2,12,16,17)/t9-/m1/s1. The molecule has 2 rings (SSSR count). The average Bonchev–Trinajstić information content (AvgIpc) is 3.09. The molecule has 0 saturated carbocycles. The molecule has 0 aliphatic carbocycles. The van der Waals surface area contributed by atoms with Crippen molar-refractivity contribution in [3.05, 3.63) is 17.5 Å². The van der Waals surface area contributed by atoms with E-state index in [1.165, 1.54) is 10.4 Å². The second kappa shape index (κ2) is 6.62. The molecule has 1 atom stereocenters. The number of rotatable bonds is 6. The zero-order chi connectivity index (χ0) is 16.4. The Morgan fingerprint density at radius 3 is 2.73 bits per heavy atom. The Morgan fingerprint density at radius 2 is 2.14 bits per heavy atom. The molecule has 1 aromatic rings. The second-order valence-corrected chi connectivity index (χ2v) is 9.66. The van der Waals surface area contributed by atoms with E-state index in [1.54, 1.807) is 11.4 Å². The summed E-state index contributed by atoms with van der Waals surface area (Å²) in [4.78, 5) is 12.1. The molecule has 3 N–H and O–H groups in total. The van der Waals surface area contributed by atoms with Crippen molar-refractivity contribution in [2.45, 2.75) is 23.1 Å². The molecule has 1 amide bonds. The maximum atomic E-state index is 12.5. The van der Waals surface area contributed by atoms with Crippen molar-refractivity contribution >= 4 is 37.3 Å². The normalized spacial score (nSPS) is 20.1. The summed E-state index contributed by atoms with van der Waals surface area (Å²) in [7, 11) is -7.36. The molecular formula is C11H17N3O5S3. The van der Waals surface area contributed by atoms with Crippen molar-refractivity contribution < 1.29 is 21.6 Å². The van der Waals surface area contributed by atoms with Crippen molar-refractivity contribution in [1.82, 2.24) is 9.62 Å². The summed E-state index contributed by atoms with van der Waals surface area (Å²) < 4.78 is 48.0. The van der Waals surface area contributed by atoms with Crippen molar-refractivity contribution in [3.63, 3.8) is 0 Å². The summed E-state index contributed by atoms with van der Waals surface area (Å²) in [6.07, 6.45) is 0.990. The van der Waals surface area contributed by atoms with Crippen LogP contribution in [0.3, 0.4) is 0 Å². The van der Waals surface area contributed by atoms with Gasteiger partial charge in [0.05, 0.1) is 5.75 Å². The van der Waals surface area contributed by atoms with Gasteiger partial charge in [-0.05, 0) is 24.3 Å². The van der Waals surface area contributed by atoms with Crippen LogP contribution in [0.15, 0.2) is 21.7 Å². The Labute approximate surface area is 133 Å². The minimum Gasteiger partial charge on any atom is -0.354 e. The predicted octanol–water partition coefficient (Wildman–Crippen LogP) is -0.694. The molecular weight excluding hydrogens is 350 g/mol. The fourth-order valence-corrected chi connectivity index (χ4v) is 5.41. The number of thiophene rings is 1. The summed E-state index contributed by atoms with van der Waals surface area (Å²) in [5.41, 5.74) is 0. The van der Waals surface area contributed by atoms with Crippen LogP contribution in [0.5, 0.6) is 0 Å². The molecule has 8 nitrogen and oxygen atoms in total. The number of nitrogens with zero attached hydrogens (tertiary/aromatic N) is 1. The van der Waals surface area contributed by atoms with Crippen molar-refractivity contribution in [3.8, 4) is 0 Å². The van der Waals surface area contributed by atoms with Crippen LogP contribution < -0.4 is 10.5 Å². The molecule has 11 heteroatoms. The number of carbonyl (C=O) groups excluding carboxylic acids is 1. The van der Waals surface area contributed by atoms with Crippen LogP contribution in [0.25, 0.3) is 0 Å². The molecule has 1 aromatic heterocycles. The van der Waals surface area contributed by atoms with Gasteiger partial charge in [0.1, 0.15) is 10.3 Å². The molecule has 1 fully saturated rings. The third-order valence-corrected chi connectivity index (χ3v) is 7.30. The first-order valence-electron chi connectivity index (χ1n) is 6.55. The van der Waals surface area contributed by atoms with Crippen LogP contribution >= 0.6 is 11.3 Å². The van der Waals surface area contributed by atoms with E-state index in [0.717, 1.165) is 11.3 Å². The predicted molar refractivity (Wildman–Crippen MR) is 82.2 cm³/mol. The van der Waals surface area contributed by atoms with Gasteiger partial charge in [0.2, 0.25) is 15.9 Å². The van der Waals surface area contributed by atoms with Crippen LogP contribution in [-0.2, 0) is 24.8 Å². The first-order valence-corrected chi connectivity index (χ1v) is 10.6. The first kappa shape index (κ1) is 17.3. The maximum absolute atomic E-state index is 12.5. The van der Waals surface area contributed by atoms with Gasteiger partial charge in [0.15, 0.2) is 0 Å². The van der Waals surface area contributed by atoms with E-state index in [1.807, 2.05) is 0 Å². The molecule has 1 aliphatic rings. The zero-order valence-corrected chi connectivity index (χ0v) is 14.1. The van der Waals surface area contributed by atoms with Crippen LogP contribution in [0.2, 0.25) is 0 Å². The van der Waals surface area contributed by atoms with Gasteiger partial charge in [-0.25, -0.2) is 22.0 Å². The van der Waals surface area contributed by atoms with Crippen LogP contribution in [0.1, 0.15) is 12.8 Å². The minimum absolute atomic E-state index is 0.138. The maximum Gasteiger partial charge on any atom is 0.253 e. The summed E-state index contributed by atoms with van der Waals surface area (Å²) in [6.45, 7) is 0.133. The minimum atomic E-state index is -3.69. The topological polar surface area (TPSA) is 127 Å². The number of primary sulfonamides is 1. The third-order valence-electron chi connectivity index (χ3n) is 3.25. The SMILES string of the molecule is NS(=O)(=O)CCNC(=O)[C@H]1CCCN1S(=O)(=O)c1cccs1. The lowest BCUT2D eigenvalue weighted by atomic mass is 10.2. The highest BCUT2D eigenvalue weighted by Gasteiger charge is 2.39. The third kappa shape index (κ3) is 4.04. The smallest absolute Gasteiger partial charge is 0.253 e. The molecule has 124 valence electrons. The van der Waals surface area contributed by atoms with E-state index < -0.39 is 32.0 Å². The van der Waals surface area contributed by atoms with E-state index in [4.69, 9.17) is 5.14 Å². The lowest BCUT2D eigenvalue weighted by Gasteiger charge is -2.22. The Bertz CT molecular complexity index is 727. The molecule has 0 aromatic carbocycles. The average molecular weight is 367 g/mol. The largest absolute Gasteiger partial charge is 0.354 e. The van der Waals surface area contributed by atoms with Crippen molar-refractivity contribution in [2.24, 2.45) is 5.14 Å². The fourth-order valence-electron chi connectivity index (χ4n) is 2.25.